The lowest BCUT2D eigenvalue weighted by atomic mass is 10.1. The Morgan fingerprint density at radius 3 is 3.05 bits per heavy atom. The molecule has 2 N–H and O–H groups in total. The van der Waals surface area contributed by atoms with Gasteiger partial charge in [0, 0.05) is 22.8 Å². The summed E-state index contributed by atoms with van der Waals surface area (Å²) in [6.45, 7) is 0.733. The molecular weight excluding hydrogens is 258 g/mol. The molecule has 0 fully saturated rings. The van der Waals surface area contributed by atoms with Gasteiger partial charge >= 0.3 is 5.97 Å². The fourth-order valence-electron chi connectivity index (χ4n) is 2.58. The zero-order valence-electron chi connectivity index (χ0n) is 10.4. The van der Waals surface area contributed by atoms with Crippen molar-refractivity contribution in [2.24, 2.45) is 0 Å². The molecule has 0 bridgehead atoms. The average molecular weight is 273 g/mol. The molecule has 98 valence electrons. The number of benzene rings is 1. The van der Waals surface area contributed by atoms with Crippen LogP contribution in [0.2, 0.25) is 0 Å². The lowest BCUT2D eigenvalue weighted by Gasteiger charge is -2.13. The maximum atomic E-state index is 10.8. The highest BCUT2D eigenvalue weighted by Crippen LogP contribution is 2.31. The standard InChI is InChI=1S/C15H15NO2S/c17-15(18)11-7-12(19-9-11)8-16-14-6-5-10-3-1-2-4-13(10)14/h1-4,7,9,14,16H,5-6,8H2,(H,17,18). The van der Waals surface area contributed by atoms with E-state index >= 15 is 0 Å². The molecule has 19 heavy (non-hydrogen) atoms. The number of fused-ring (bicyclic) bond motifs is 1. The van der Waals surface area contributed by atoms with Gasteiger partial charge in [-0.2, -0.15) is 0 Å². The number of aryl methyl sites for hydroxylation is 1. The van der Waals surface area contributed by atoms with Crippen molar-refractivity contribution in [2.45, 2.75) is 25.4 Å². The first-order chi connectivity index (χ1) is 9.24. The van der Waals surface area contributed by atoms with Crippen LogP contribution in [0.3, 0.4) is 0 Å². The van der Waals surface area contributed by atoms with Crippen LogP contribution >= 0.6 is 11.3 Å². The maximum Gasteiger partial charge on any atom is 0.336 e. The molecule has 1 heterocycles. The van der Waals surface area contributed by atoms with E-state index in [0.29, 0.717) is 11.6 Å². The molecule has 0 spiro atoms. The molecule has 0 saturated carbocycles. The highest BCUT2D eigenvalue weighted by molar-refractivity contribution is 7.10. The quantitative estimate of drug-likeness (QED) is 0.899. The fourth-order valence-corrected chi connectivity index (χ4v) is 3.39. The van der Waals surface area contributed by atoms with Gasteiger partial charge < -0.3 is 10.4 Å². The largest absolute Gasteiger partial charge is 0.478 e. The SMILES string of the molecule is O=C(O)c1csc(CNC2CCc3ccccc32)c1. The average Bonchev–Trinajstić information content (AvgIpc) is 3.03. The molecule has 3 rings (SSSR count). The van der Waals surface area contributed by atoms with Crippen molar-refractivity contribution in [2.75, 3.05) is 0 Å². The molecule has 0 radical (unpaired) electrons. The van der Waals surface area contributed by atoms with Gasteiger partial charge in [0.15, 0.2) is 0 Å². The molecule has 1 aromatic carbocycles. The van der Waals surface area contributed by atoms with Crippen molar-refractivity contribution >= 4 is 17.3 Å². The van der Waals surface area contributed by atoms with E-state index in [1.807, 2.05) is 0 Å². The predicted octanol–water partition coefficient (Wildman–Crippen LogP) is 3.22. The fraction of sp³-hybridized carbons (Fsp3) is 0.267. The van der Waals surface area contributed by atoms with Gasteiger partial charge in [0.2, 0.25) is 0 Å². The molecule has 0 aliphatic heterocycles. The summed E-state index contributed by atoms with van der Waals surface area (Å²) < 4.78 is 0. The van der Waals surface area contributed by atoms with Gasteiger partial charge in [-0.1, -0.05) is 24.3 Å². The van der Waals surface area contributed by atoms with Crippen LogP contribution in [-0.2, 0) is 13.0 Å². The Labute approximate surface area is 115 Å². The van der Waals surface area contributed by atoms with Crippen molar-refractivity contribution in [3.05, 3.63) is 57.3 Å². The van der Waals surface area contributed by atoms with Gasteiger partial charge in [-0.3, -0.25) is 0 Å². The van der Waals surface area contributed by atoms with Crippen molar-refractivity contribution < 1.29 is 9.90 Å². The van der Waals surface area contributed by atoms with E-state index in [4.69, 9.17) is 5.11 Å². The minimum absolute atomic E-state index is 0.383. The minimum Gasteiger partial charge on any atom is -0.478 e. The third kappa shape index (κ3) is 2.55. The first kappa shape index (κ1) is 12.4. The van der Waals surface area contributed by atoms with Crippen molar-refractivity contribution in [1.29, 1.82) is 0 Å². The van der Waals surface area contributed by atoms with Crippen LogP contribution < -0.4 is 5.32 Å². The Bertz CT molecular complexity index is 606. The number of carboxylic acid groups (broad SMARTS) is 1. The highest BCUT2D eigenvalue weighted by Gasteiger charge is 2.21. The smallest absolute Gasteiger partial charge is 0.336 e. The second-order valence-electron chi connectivity index (χ2n) is 4.78. The number of carbonyl (C=O) groups is 1. The van der Waals surface area contributed by atoms with E-state index in [-0.39, 0.29) is 0 Å². The van der Waals surface area contributed by atoms with Crippen molar-refractivity contribution in [3.63, 3.8) is 0 Å². The van der Waals surface area contributed by atoms with Crippen LogP contribution in [0.25, 0.3) is 0 Å². The van der Waals surface area contributed by atoms with E-state index in [1.165, 1.54) is 22.5 Å². The van der Waals surface area contributed by atoms with Crippen LogP contribution in [-0.4, -0.2) is 11.1 Å². The number of thiophene rings is 1. The summed E-state index contributed by atoms with van der Waals surface area (Å²) in [5.74, 6) is -0.853. The third-order valence-electron chi connectivity index (χ3n) is 3.56. The number of aromatic carboxylic acids is 1. The predicted molar refractivity (Wildman–Crippen MR) is 75.6 cm³/mol. The Kier molecular flexibility index (Phi) is 3.36. The number of rotatable bonds is 4. The van der Waals surface area contributed by atoms with Gasteiger partial charge in [-0.15, -0.1) is 11.3 Å². The Morgan fingerprint density at radius 1 is 1.42 bits per heavy atom. The summed E-state index contributed by atoms with van der Waals surface area (Å²) >= 11 is 1.50. The molecule has 4 heteroatoms. The maximum absolute atomic E-state index is 10.8. The topological polar surface area (TPSA) is 49.3 Å². The second kappa shape index (κ2) is 5.15. The van der Waals surface area contributed by atoms with Gasteiger partial charge in [-0.05, 0) is 30.0 Å². The molecule has 0 amide bonds. The molecule has 1 aliphatic rings. The van der Waals surface area contributed by atoms with Crippen LogP contribution in [0.5, 0.6) is 0 Å². The van der Waals surface area contributed by atoms with Gasteiger partial charge in [0.25, 0.3) is 0 Å². The molecule has 1 atom stereocenters. The van der Waals surface area contributed by atoms with Crippen molar-refractivity contribution in [3.8, 4) is 0 Å². The Morgan fingerprint density at radius 2 is 2.26 bits per heavy atom. The zero-order valence-corrected chi connectivity index (χ0v) is 11.2. The lowest BCUT2D eigenvalue weighted by molar-refractivity contribution is 0.0697. The summed E-state index contributed by atoms with van der Waals surface area (Å²) in [6, 6.07) is 10.7. The molecular formula is C15H15NO2S. The lowest BCUT2D eigenvalue weighted by Crippen LogP contribution is -2.18. The number of hydrogen-bond donors (Lipinski definition) is 2. The number of hydrogen-bond acceptors (Lipinski definition) is 3. The summed E-state index contributed by atoms with van der Waals surface area (Å²) in [6.07, 6.45) is 2.25. The van der Waals surface area contributed by atoms with E-state index < -0.39 is 5.97 Å². The van der Waals surface area contributed by atoms with Crippen LogP contribution in [0.4, 0.5) is 0 Å². The first-order valence-corrected chi connectivity index (χ1v) is 7.24. The molecule has 1 aliphatic carbocycles. The molecule has 2 aromatic rings. The molecule has 1 unspecified atom stereocenters. The number of nitrogens with one attached hydrogen (secondary N) is 1. The molecule has 0 saturated heterocycles. The van der Waals surface area contributed by atoms with Crippen molar-refractivity contribution in [1.82, 2.24) is 5.32 Å². The summed E-state index contributed by atoms with van der Waals surface area (Å²) in [7, 11) is 0. The first-order valence-electron chi connectivity index (χ1n) is 6.36. The van der Waals surface area contributed by atoms with Gasteiger partial charge in [0.1, 0.15) is 0 Å². The summed E-state index contributed by atoms with van der Waals surface area (Å²) in [4.78, 5) is 11.9. The van der Waals surface area contributed by atoms with E-state index in [9.17, 15) is 4.79 Å². The Balaban J connectivity index is 1.65. The zero-order chi connectivity index (χ0) is 13.2. The van der Waals surface area contributed by atoms with E-state index in [2.05, 4.69) is 29.6 Å². The highest BCUT2D eigenvalue weighted by atomic mass is 32.1. The third-order valence-corrected chi connectivity index (χ3v) is 4.49. The van der Waals surface area contributed by atoms with Crippen LogP contribution in [0, 0.1) is 0 Å². The second-order valence-corrected chi connectivity index (χ2v) is 5.77. The normalized spacial score (nSPS) is 17.4. The van der Waals surface area contributed by atoms with E-state index in [0.717, 1.165) is 24.3 Å². The minimum atomic E-state index is -0.853. The molecule has 1 aromatic heterocycles. The monoisotopic (exact) mass is 273 g/mol. The summed E-state index contributed by atoms with van der Waals surface area (Å²) in [5, 5.41) is 14.1. The number of carboxylic acids is 1. The van der Waals surface area contributed by atoms with Gasteiger partial charge in [0.05, 0.1) is 5.56 Å². The Hall–Kier alpha value is -1.65. The van der Waals surface area contributed by atoms with Gasteiger partial charge in [-0.25, -0.2) is 4.79 Å². The van der Waals surface area contributed by atoms with Crippen LogP contribution in [0.1, 0.15) is 38.8 Å². The summed E-state index contributed by atoms with van der Waals surface area (Å²) in [5.41, 5.74) is 3.20. The van der Waals surface area contributed by atoms with E-state index in [1.54, 1.807) is 11.4 Å². The molecule has 3 nitrogen and oxygen atoms in total. The van der Waals surface area contributed by atoms with Crippen LogP contribution in [0.15, 0.2) is 35.7 Å².